The highest BCUT2D eigenvalue weighted by atomic mass is 28.4. The van der Waals surface area contributed by atoms with E-state index in [-0.39, 0.29) is 5.04 Å². The molecule has 0 spiro atoms. The summed E-state index contributed by atoms with van der Waals surface area (Å²) in [4.78, 5) is 0. The van der Waals surface area contributed by atoms with Gasteiger partial charge in [0.1, 0.15) is 11.5 Å². The van der Waals surface area contributed by atoms with Crippen molar-refractivity contribution >= 4 is 29.9 Å². The molecule has 4 aromatic carbocycles. The first kappa shape index (κ1) is 19.5. The first-order valence-electron chi connectivity index (χ1n) is 10.1. The Morgan fingerprint density at radius 2 is 1.17 bits per heavy atom. The Morgan fingerprint density at radius 1 is 0.690 bits per heavy atom. The highest BCUT2D eigenvalue weighted by Gasteiger charge is 2.39. The van der Waals surface area contributed by atoms with Crippen molar-refractivity contribution in [3.05, 3.63) is 72.8 Å². The van der Waals surface area contributed by atoms with Crippen LogP contribution in [0, 0.1) is 0 Å². The van der Waals surface area contributed by atoms with Crippen LogP contribution in [0.1, 0.15) is 20.8 Å². The largest absolute Gasteiger partial charge is 0.543 e. The Hall–Kier alpha value is -2.78. The van der Waals surface area contributed by atoms with E-state index in [0.717, 1.165) is 38.4 Å². The lowest BCUT2D eigenvalue weighted by molar-refractivity contribution is 0.482. The lowest BCUT2D eigenvalue weighted by Crippen LogP contribution is -2.43. The van der Waals surface area contributed by atoms with Crippen LogP contribution in [-0.2, 0) is 0 Å². The zero-order valence-electron chi connectivity index (χ0n) is 17.8. The maximum Gasteiger partial charge on any atom is 0.250 e. The molecule has 148 valence electrons. The zero-order valence-corrected chi connectivity index (χ0v) is 18.8. The van der Waals surface area contributed by atoms with Crippen LogP contribution in [0.2, 0.25) is 18.1 Å². The second-order valence-corrected chi connectivity index (χ2v) is 13.9. The number of phenolic OH excluding ortho intramolecular Hbond substituents is 1. The van der Waals surface area contributed by atoms with Crippen LogP contribution < -0.4 is 4.43 Å². The van der Waals surface area contributed by atoms with Crippen molar-refractivity contribution in [2.45, 2.75) is 38.9 Å². The van der Waals surface area contributed by atoms with Gasteiger partial charge in [0.2, 0.25) is 0 Å². The van der Waals surface area contributed by atoms with Crippen LogP contribution in [0.15, 0.2) is 72.8 Å². The van der Waals surface area contributed by atoms with E-state index in [2.05, 4.69) is 76.3 Å². The van der Waals surface area contributed by atoms with Gasteiger partial charge in [-0.3, -0.25) is 0 Å². The van der Waals surface area contributed by atoms with Gasteiger partial charge in [-0.15, -0.1) is 0 Å². The molecule has 0 heterocycles. The van der Waals surface area contributed by atoms with Crippen molar-refractivity contribution in [2.75, 3.05) is 0 Å². The molecule has 1 N–H and O–H groups in total. The topological polar surface area (TPSA) is 29.5 Å². The van der Waals surface area contributed by atoms with Crippen molar-refractivity contribution in [3.63, 3.8) is 0 Å². The Kier molecular flexibility index (Phi) is 4.66. The lowest BCUT2D eigenvalue weighted by Gasteiger charge is -2.37. The molecular weight excluding hydrogens is 372 g/mol. The van der Waals surface area contributed by atoms with Crippen LogP contribution in [0.5, 0.6) is 11.5 Å². The number of fused-ring (bicyclic) bond motifs is 2. The van der Waals surface area contributed by atoms with Gasteiger partial charge < -0.3 is 9.53 Å². The first-order valence-corrected chi connectivity index (χ1v) is 13.0. The summed E-state index contributed by atoms with van der Waals surface area (Å²) in [6.07, 6.45) is 0. The summed E-state index contributed by atoms with van der Waals surface area (Å²) < 4.78 is 6.76. The molecule has 0 saturated heterocycles. The molecule has 0 aliphatic carbocycles. The maximum absolute atomic E-state index is 10.6. The third-order valence-corrected chi connectivity index (χ3v) is 10.6. The molecule has 0 amide bonds. The summed E-state index contributed by atoms with van der Waals surface area (Å²) in [7, 11) is -2.00. The van der Waals surface area contributed by atoms with Gasteiger partial charge in [0, 0.05) is 10.8 Å². The summed E-state index contributed by atoms with van der Waals surface area (Å²) in [5, 5.41) is 14.9. The Bertz CT molecular complexity index is 1190. The fourth-order valence-corrected chi connectivity index (χ4v) is 4.62. The van der Waals surface area contributed by atoms with Crippen molar-refractivity contribution in [1.29, 1.82) is 0 Å². The Morgan fingerprint density at radius 3 is 1.76 bits per heavy atom. The van der Waals surface area contributed by atoms with E-state index < -0.39 is 8.32 Å². The third kappa shape index (κ3) is 3.40. The third-order valence-electron chi connectivity index (χ3n) is 6.21. The quantitative estimate of drug-likeness (QED) is 0.356. The van der Waals surface area contributed by atoms with Gasteiger partial charge in [-0.1, -0.05) is 81.4 Å². The zero-order chi connectivity index (χ0) is 20.8. The van der Waals surface area contributed by atoms with Crippen molar-refractivity contribution in [1.82, 2.24) is 0 Å². The fraction of sp³-hybridized carbons (Fsp3) is 0.231. The average Bonchev–Trinajstić information content (AvgIpc) is 2.66. The normalized spacial score (nSPS) is 12.4. The SMILES string of the molecule is CC(C)(C)[Si](C)(C)Oc1cccc2cccc(-c3cccc4cccc(O)c34)c12. The minimum absolute atomic E-state index is 0.113. The predicted octanol–water partition coefficient (Wildman–Crippen LogP) is 7.75. The van der Waals surface area contributed by atoms with Crippen molar-refractivity contribution < 1.29 is 9.53 Å². The number of benzene rings is 4. The number of hydrogen-bond acceptors (Lipinski definition) is 2. The molecule has 0 aliphatic rings. The fourth-order valence-electron chi connectivity index (χ4n) is 3.59. The minimum Gasteiger partial charge on any atom is -0.543 e. The Balaban J connectivity index is 2.01. The van der Waals surface area contributed by atoms with Crippen LogP contribution in [0.4, 0.5) is 0 Å². The molecule has 3 heteroatoms. The van der Waals surface area contributed by atoms with E-state index in [4.69, 9.17) is 4.43 Å². The summed E-state index contributed by atoms with van der Waals surface area (Å²) in [5.74, 6) is 1.23. The average molecular weight is 401 g/mol. The van der Waals surface area contributed by atoms with Gasteiger partial charge in [-0.05, 0) is 52.2 Å². The summed E-state index contributed by atoms with van der Waals surface area (Å²) >= 11 is 0. The van der Waals surface area contributed by atoms with E-state index in [0.29, 0.717) is 5.75 Å². The second-order valence-electron chi connectivity index (χ2n) is 9.20. The van der Waals surface area contributed by atoms with E-state index in [9.17, 15) is 5.11 Å². The molecule has 4 rings (SSSR count). The predicted molar refractivity (Wildman–Crippen MR) is 126 cm³/mol. The van der Waals surface area contributed by atoms with Gasteiger partial charge in [0.15, 0.2) is 0 Å². The first-order chi connectivity index (χ1) is 13.7. The summed E-state index contributed by atoms with van der Waals surface area (Å²) in [5.41, 5.74) is 2.11. The summed E-state index contributed by atoms with van der Waals surface area (Å²) in [6, 6.07) is 24.5. The molecule has 0 atom stereocenters. The molecule has 4 aromatic rings. The number of aromatic hydroxyl groups is 1. The molecular formula is C26H28O2Si. The molecule has 2 nitrogen and oxygen atoms in total. The molecule has 0 radical (unpaired) electrons. The second kappa shape index (κ2) is 6.92. The van der Waals surface area contributed by atoms with Crippen LogP contribution in [0.3, 0.4) is 0 Å². The highest BCUT2D eigenvalue weighted by Crippen LogP contribution is 2.44. The Labute approximate surface area is 173 Å². The van der Waals surface area contributed by atoms with E-state index >= 15 is 0 Å². The van der Waals surface area contributed by atoms with Gasteiger partial charge in [0.25, 0.3) is 8.32 Å². The van der Waals surface area contributed by atoms with Crippen LogP contribution in [0.25, 0.3) is 32.7 Å². The molecule has 0 unspecified atom stereocenters. The summed E-state index contributed by atoms with van der Waals surface area (Å²) in [6.45, 7) is 11.3. The number of hydrogen-bond donors (Lipinski definition) is 1. The van der Waals surface area contributed by atoms with Gasteiger partial charge in [-0.2, -0.15) is 0 Å². The van der Waals surface area contributed by atoms with Crippen molar-refractivity contribution in [2.24, 2.45) is 0 Å². The van der Waals surface area contributed by atoms with E-state index in [1.54, 1.807) is 6.07 Å². The highest BCUT2D eigenvalue weighted by molar-refractivity contribution is 6.74. The molecule has 0 aromatic heterocycles. The van der Waals surface area contributed by atoms with E-state index in [1.165, 1.54) is 0 Å². The maximum atomic E-state index is 10.6. The van der Waals surface area contributed by atoms with Crippen molar-refractivity contribution in [3.8, 4) is 22.6 Å². The standard InChI is InChI=1S/C26H28O2Si/c1-26(2,3)29(4,5)28-23-17-9-13-19-11-7-15-21(25(19)23)20-14-6-10-18-12-8-16-22(27)24(18)20/h6-17,27H,1-5H3. The van der Waals surface area contributed by atoms with Crippen LogP contribution in [-0.4, -0.2) is 13.4 Å². The number of rotatable bonds is 3. The van der Waals surface area contributed by atoms with Crippen LogP contribution >= 0.6 is 0 Å². The monoisotopic (exact) mass is 400 g/mol. The minimum atomic E-state index is -2.00. The molecule has 0 fully saturated rings. The molecule has 0 bridgehead atoms. The smallest absolute Gasteiger partial charge is 0.250 e. The molecule has 29 heavy (non-hydrogen) atoms. The lowest BCUT2D eigenvalue weighted by atomic mass is 9.93. The molecule has 0 aliphatic heterocycles. The van der Waals surface area contributed by atoms with Gasteiger partial charge in [0.05, 0.1) is 0 Å². The molecule has 0 saturated carbocycles. The van der Waals surface area contributed by atoms with E-state index in [1.807, 2.05) is 24.3 Å². The van der Waals surface area contributed by atoms with Gasteiger partial charge >= 0.3 is 0 Å². The number of phenols is 1. The van der Waals surface area contributed by atoms with Gasteiger partial charge in [-0.25, -0.2) is 0 Å².